The molecule has 0 spiro atoms. The molecule has 0 unspecified atom stereocenters. The van der Waals surface area contributed by atoms with Crippen molar-refractivity contribution in [3.05, 3.63) is 53.1 Å². The van der Waals surface area contributed by atoms with Crippen molar-refractivity contribution in [3.63, 3.8) is 0 Å². The highest BCUT2D eigenvalue weighted by Gasteiger charge is 2.23. The standard InChI is InChI=1S/C20H21N3O4S.CH4/c1-11-5-6-13(3)15(8-11)22-23-19-17(28(25,26)27)10-14-7-12(2)9-16(21-4)18(14)20(19)24;/h5-10,21,24H,1-4H3,(H,25,26,27);1H4. The maximum absolute atomic E-state index is 11.9. The molecule has 0 heterocycles. The number of aryl methyl sites for hydroxylation is 3. The molecule has 7 nitrogen and oxygen atoms in total. The number of fused-ring (bicyclic) bond motifs is 1. The van der Waals surface area contributed by atoms with Gasteiger partial charge in [0, 0.05) is 18.1 Å². The highest BCUT2D eigenvalue weighted by atomic mass is 32.2. The molecule has 0 saturated carbocycles. The summed E-state index contributed by atoms with van der Waals surface area (Å²) in [6, 6.07) is 10.4. The van der Waals surface area contributed by atoms with E-state index in [-0.39, 0.29) is 18.9 Å². The summed E-state index contributed by atoms with van der Waals surface area (Å²) in [5, 5.41) is 22.8. The Morgan fingerprint density at radius 2 is 1.66 bits per heavy atom. The average molecular weight is 416 g/mol. The van der Waals surface area contributed by atoms with E-state index in [0.29, 0.717) is 22.1 Å². The van der Waals surface area contributed by atoms with Gasteiger partial charge in [-0.25, -0.2) is 0 Å². The number of hydrogen-bond donors (Lipinski definition) is 3. The molecule has 0 radical (unpaired) electrons. The molecule has 0 fully saturated rings. The molecule has 3 rings (SSSR count). The normalized spacial score (nSPS) is 11.6. The zero-order valence-corrected chi connectivity index (χ0v) is 16.8. The van der Waals surface area contributed by atoms with Crippen molar-refractivity contribution in [3.8, 4) is 5.75 Å². The van der Waals surface area contributed by atoms with Gasteiger partial charge in [0.25, 0.3) is 10.1 Å². The Hall–Kier alpha value is -2.97. The Labute approximate surface area is 170 Å². The molecule has 0 aliphatic rings. The van der Waals surface area contributed by atoms with Gasteiger partial charge in [0.15, 0.2) is 5.75 Å². The Kier molecular flexibility index (Phi) is 6.30. The van der Waals surface area contributed by atoms with Gasteiger partial charge in [-0.15, -0.1) is 5.11 Å². The van der Waals surface area contributed by atoms with Crippen molar-refractivity contribution in [1.82, 2.24) is 0 Å². The fourth-order valence-corrected chi connectivity index (χ4v) is 3.72. The molecule has 0 atom stereocenters. The monoisotopic (exact) mass is 415 g/mol. The molecule has 29 heavy (non-hydrogen) atoms. The quantitative estimate of drug-likeness (QED) is 0.368. The predicted octanol–water partition coefficient (Wildman–Crippen LogP) is 5.81. The number of hydrogen-bond acceptors (Lipinski definition) is 6. The van der Waals surface area contributed by atoms with E-state index >= 15 is 0 Å². The number of nitrogens with zero attached hydrogens (tertiary/aromatic N) is 2. The minimum absolute atomic E-state index is 0. The summed E-state index contributed by atoms with van der Waals surface area (Å²) in [6.07, 6.45) is 0. The van der Waals surface area contributed by atoms with Crippen LogP contribution in [0.5, 0.6) is 5.75 Å². The van der Waals surface area contributed by atoms with Crippen LogP contribution in [0.4, 0.5) is 17.1 Å². The first-order chi connectivity index (χ1) is 13.1. The third-order valence-electron chi connectivity index (χ3n) is 4.46. The highest BCUT2D eigenvalue weighted by Crippen LogP contribution is 2.44. The second-order valence-electron chi connectivity index (χ2n) is 6.70. The topological polar surface area (TPSA) is 111 Å². The summed E-state index contributed by atoms with van der Waals surface area (Å²) < 4.78 is 33.6. The molecule has 0 aliphatic heterocycles. The lowest BCUT2D eigenvalue weighted by molar-refractivity contribution is 0.472. The minimum Gasteiger partial charge on any atom is -0.505 e. The van der Waals surface area contributed by atoms with Gasteiger partial charge in [0.2, 0.25) is 0 Å². The molecular formula is C21H25N3O4S. The van der Waals surface area contributed by atoms with E-state index in [2.05, 4.69) is 15.5 Å². The van der Waals surface area contributed by atoms with Crippen LogP contribution < -0.4 is 5.32 Å². The van der Waals surface area contributed by atoms with Crippen molar-refractivity contribution >= 4 is 38.0 Å². The molecular weight excluding hydrogens is 390 g/mol. The molecule has 0 bridgehead atoms. The highest BCUT2D eigenvalue weighted by molar-refractivity contribution is 7.86. The lowest BCUT2D eigenvalue weighted by Crippen LogP contribution is -2.00. The predicted molar refractivity (Wildman–Crippen MR) is 117 cm³/mol. The minimum atomic E-state index is -4.64. The number of anilines is 1. The molecule has 0 saturated heterocycles. The lowest BCUT2D eigenvalue weighted by atomic mass is 10.0. The number of aromatic hydroxyl groups is 1. The van der Waals surface area contributed by atoms with Crippen LogP contribution >= 0.6 is 0 Å². The first-order valence-corrected chi connectivity index (χ1v) is 10.0. The Bertz CT molecular complexity index is 1220. The molecule has 3 N–H and O–H groups in total. The van der Waals surface area contributed by atoms with Crippen molar-refractivity contribution in [2.45, 2.75) is 33.1 Å². The van der Waals surface area contributed by atoms with Crippen LogP contribution in [0, 0.1) is 20.8 Å². The SMILES string of the molecule is C.CNc1cc(C)cc2cc(S(=O)(=O)O)c(N=Nc3cc(C)ccc3C)c(O)c12. The molecule has 0 aliphatic carbocycles. The van der Waals surface area contributed by atoms with Crippen LogP contribution in [0.2, 0.25) is 0 Å². The number of azo groups is 1. The van der Waals surface area contributed by atoms with E-state index in [9.17, 15) is 18.1 Å². The van der Waals surface area contributed by atoms with Gasteiger partial charge in [0.05, 0.1) is 5.69 Å². The van der Waals surface area contributed by atoms with Gasteiger partial charge in [-0.2, -0.15) is 13.5 Å². The molecule has 3 aromatic rings. The van der Waals surface area contributed by atoms with E-state index in [0.717, 1.165) is 16.7 Å². The summed E-state index contributed by atoms with van der Waals surface area (Å²) in [5.41, 5.74) is 3.51. The van der Waals surface area contributed by atoms with Gasteiger partial charge < -0.3 is 10.4 Å². The van der Waals surface area contributed by atoms with Crippen LogP contribution in [0.15, 0.2) is 51.5 Å². The summed E-state index contributed by atoms with van der Waals surface area (Å²) in [4.78, 5) is -0.501. The van der Waals surface area contributed by atoms with Gasteiger partial charge in [-0.1, -0.05) is 25.6 Å². The molecule has 3 aromatic carbocycles. The Balaban J connectivity index is 0.00000300. The maximum Gasteiger partial charge on any atom is 0.296 e. The molecule has 8 heteroatoms. The number of phenols is 1. The van der Waals surface area contributed by atoms with E-state index in [1.165, 1.54) is 6.07 Å². The lowest BCUT2D eigenvalue weighted by Gasteiger charge is -2.13. The summed E-state index contributed by atoms with van der Waals surface area (Å²) in [5.74, 6) is -0.372. The van der Waals surface area contributed by atoms with Gasteiger partial charge in [-0.3, -0.25) is 4.55 Å². The molecule has 154 valence electrons. The zero-order valence-electron chi connectivity index (χ0n) is 16.0. The Morgan fingerprint density at radius 3 is 2.28 bits per heavy atom. The first-order valence-electron chi connectivity index (χ1n) is 8.56. The zero-order chi connectivity index (χ0) is 20.6. The van der Waals surface area contributed by atoms with Crippen molar-refractivity contribution < 1.29 is 18.1 Å². The van der Waals surface area contributed by atoms with Crippen LogP contribution in [-0.2, 0) is 10.1 Å². The summed E-state index contributed by atoms with van der Waals surface area (Å²) >= 11 is 0. The van der Waals surface area contributed by atoms with Crippen LogP contribution in [0.25, 0.3) is 10.8 Å². The van der Waals surface area contributed by atoms with Crippen molar-refractivity contribution in [1.29, 1.82) is 0 Å². The fourth-order valence-electron chi connectivity index (χ4n) is 3.06. The van der Waals surface area contributed by atoms with E-state index in [1.807, 2.05) is 39.0 Å². The average Bonchev–Trinajstić information content (AvgIpc) is 2.61. The van der Waals surface area contributed by atoms with Crippen LogP contribution in [0.1, 0.15) is 24.1 Å². The van der Waals surface area contributed by atoms with Gasteiger partial charge >= 0.3 is 0 Å². The Morgan fingerprint density at radius 1 is 0.966 bits per heavy atom. The van der Waals surface area contributed by atoms with Crippen LogP contribution in [-0.4, -0.2) is 25.1 Å². The fraction of sp³-hybridized carbons (Fsp3) is 0.238. The van der Waals surface area contributed by atoms with Gasteiger partial charge in [-0.05, 0) is 61.0 Å². The third kappa shape index (κ3) is 4.38. The number of benzene rings is 3. The second-order valence-corrected chi connectivity index (χ2v) is 8.09. The van der Waals surface area contributed by atoms with Gasteiger partial charge in [0.1, 0.15) is 10.6 Å². The van der Waals surface area contributed by atoms with E-state index in [4.69, 9.17) is 0 Å². The van der Waals surface area contributed by atoms with Crippen molar-refractivity contribution in [2.75, 3.05) is 12.4 Å². The summed E-state index contributed by atoms with van der Waals surface area (Å²) in [7, 11) is -2.94. The maximum atomic E-state index is 11.9. The second kappa shape index (κ2) is 8.18. The largest absolute Gasteiger partial charge is 0.505 e. The first kappa shape index (κ1) is 22.3. The van der Waals surface area contributed by atoms with E-state index in [1.54, 1.807) is 19.2 Å². The number of nitrogens with one attached hydrogen (secondary N) is 1. The third-order valence-corrected chi connectivity index (χ3v) is 5.33. The number of phenolic OH excluding ortho intramolecular Hbond substituents is 1. The smallest absolute Gasteiger partial charge is 0.296 e. The van der Waals surface area contributed by atoms with Crippen LogP contribution in [0.3, 0.4) is 0 Å². The van der Waals surface area contributed by atoms with E-state index < -0.39 is 15.0 Å². The number of rotatable bonds is 4. The summed E-state index contributed by atoms with van der Waals surface area (Å²) in [6.45, 7) is 5.59. The molecule has 0 amide bonds. The van der Waals surface area contributed by atoms with Crippen molar-refractivity contribution in [2.24, 2.45) is 10.2 Å². The molecule has 0 aromatic heterocycles.